The van der Waals surface area contributed by atoms with Gasteiger partial charge in [-0.05, 0) is 24.5 Å². The number of ether oxygens (including phenoxy) is 1. The summed E-state index contributed by atoms with van der Waals surface area (Å²) in [6, 6.07) is 4.95. The summed E-state index contributed by atoms with van der Waals surface area (Å²) in [5.74, 6) is 0. The fourth-order valence-corrected chi connectivity index (χ4v) is 1.92. The van der Waals surface area contributed by atoms with Crippen molar-refractivity contribution >= 4 is 0 Å². The lowest BCUT2D eigenvalue weighted by Gasteiger charge is -2.21. The maximum Gasteiger partial charge on any atom is 0.416 e. The van der Waals surface area contributed by atoms with Crippen LogP contribution in [-0.2, 0) is 17.3 Å². The predicted molar refractivity (Wildman–Crippen MR) is 64.2 cm³/mol. The second-order valence-corrected chi connectivity index (χ2v) is 4.25. The molecule has 0 aliphatic rings. The molecule has 0 aliphatic carbocycles. The summed E-state index contributed by atoms with van der Waals surface area (Å²) in [5, 5.41) is 0. The molecule has 2 atom stereocenters. The maximum absolute atomic E-state index is 12.5. The van der Waals surface area contributed by atoms with Gasteiger partial charge in [0.25, 0.3) is 0 Å². The number of rotatable bonds is 5. The Kier molecular flexibility index (Phi) is 5.16. The molecule has 0 saturated carbocycles. The molecule has 0 saturated heterocycles. The Labute approximate surface area is 105 Å². The number of alkyl halides is 3. The first kappa shape index (κ1) is 15.0. The van der Waals surface area contributed by atoms with Gasteiger partial charge < -0.3 is 10.5 Å². The van der Waals surface area contributed by atoms with Crippen molar-refractivity contribution in [1.29, 1.82) is 0 Å². The summed E-state index contributed by atoms with van der Waals surface area (Å²) in [6.45, 7) is 1.93. The summed E-state index contributed by atoms with van der Waals surface area (Å²) >= 11 is 0. The van der Waals surface area contributed by atoms with Crippen LogP contribution in [0.15, 0.2) is 24.3 Å². The van der Waals surface area contributed by atoms with Crippen LogP contribution in [0, 0.1) is 0 Å². The van der Waals surface area contributed by atoms with Crippen molar-refractivity contribution in [2.45, 2.75) is 38.1 Å². The van der Waals surface area contributed by atoms with Gasteiger partial charge in [0, 0.05) is 13.2 Å². The summed E-state index contributed by atoms with van der Waals surface area (Å²) in [7, 11) is 1.56. The van der Waals surface area contributed by atoms with Crippen molar-refractivity contribution in [2.75, 3.05) is 7.11 Å². The summed E-state index contributed by atoms with van der Waals surface area (Å²) in [4.78, 5) is 0. The largest absolute Gasteiger partial charge is 0.416 e. The zero-order valence-electron chi connectivity index (χ0n) is 10.5. The molecule has 102 valence electrons. The molecule has 0 heterocycles. The van der Waals surface area contributed by atoms with Crippen LogP contribution in [0.3, 0.4) is 0 Å². The van der Waals surface area contributed by atoms with E-state index in [4.69, 9.17) is 10.5 Å². The summed E-state index contributed by atoms with van der Waals surface area (Å²) < 4.78 is 42.8. The second-order valence-electron chi connectivity index (χ2n) is 4.25. The van der Waals surface area contributed by atoms with Crippen LogP contribution >= 0.6 is 0 Å². The molecule has 0 spiro atoms. The molecule has 2 N–H and O–H groups in total. The lowest BCUT2D eigenvalue weighted by atomic mass is 9.99. The molecule has 18 heavy (non-hydrogen) atoms. The minimum atomic E-state index is -4.31. The molecular formula is C13H18F3NO. The van der Waals surface area contributed by atoms with Crippen LogP contribution in [0.25, 0.3) is 0 Å². The van der Waals surface area contributed by atoms with E-state index in [0.717, 1.165) is 18.6 Å². The zero-order chi connectivity index (χ0) is 13.8. The normalized spacial score (nSPS) is 15.4. The van der Waals surface area contributed by atoms with Crippen molar-refractivity contribution in [3.8, 4) is 0 Å². The van der Waals surface area contributed by atoms with E-state index in [1.54, 1.807) is 13.2 Å². The highest BCUT2D eigenvalue weighted by atomic mass is 19.4. The van der Waals surface area contributed by atoms with Gasteiger partial charge in [-0.1, -0.05) is 25.1 Å². The van der Waals surface area contributed by atoms with E-state index in [-0.39, 0.29) is 12.1 Å². The first-order chi connectivity index (χ1) is 8.38. The highest BCUT2D eigenvalue weighted by molar-refractivity contribution is 5.26. The van der Waals surface area contributed by atoms with Crippen LogP contribution in [-0.4, -0.2) is 19.3 Å². The van der Waals surface area contributed by atoms with Crippen molar-refractivity contribution in [3.05, 3.63) is 35.4 Å². The molecule has 0 aliphatic heterocycles. The lowest BCUT2D eigenvalue weighted by molar-refractivity contribution is -0.137. The fraction of sp³-hybridized carbons (Fsp3) is 0.538. The number of benzene rings is 1. The number of hydrogen-bond acceptors (Lipinski definition) is 2. The first-order valence-electron chi connectivity index (χ1n) is 5.83. The van der Waals surface area contributed by atoms with E-state index >= 15 is 0 Å². The Hall–Kier alpha value is -1.07. The molecule has 0 bridgehead atoms. The van der Waals surface area contributed by atoms with E-state index in [0.29, 0.717) is 12.0 Å². The fourth-order valence-electron chi connectivity index (χ4n) is 1.92. The maximum atomic E-state index is 12.5. The van der Waals surface area contributed by atoms with Gasteiger partial charge in [0.1, 0.15) is 0 Å². The van der Waals surface area contributed by atoms with Crippen molar-refractivity contribution in [1.82, 2.24) is 0 Å². The smallest absolute Gasteiger partial charge is 0.380 e. The molecule has 1 aromatic rings. The van der Waals surface area contributed by atoms with Crippen LogP contribution in [0.5, 0.6) is 0 Å². The Balaban J connectivity index is 2.79. The average molecular weight is 261 g/mol. The van der Waals surface area contributed by atoms with Gasteiger partial charge in [0.15, 0.2) is 0 Å². The summed E-state index contributed by atoms with van der Waals surface area (Å²) in [6.07, 6.45) is -3.35. The molecule has 2 nitrogen and oxygen atoms in total. The molecule has 5 heteroatoms. The second kappa shape index (κ2) is 6.20. The van der Waals surface area contributed by atoms with Crippen LogP contribution in [0.2, 0.25) is 0 Å². The number of hydrogen-bond donors (Lipinski definition) is 1. The van der Waals surface area contributed by atoms with Gasteiger partial charge in [-0.2, -0.15) is 13.2 Å². The standard InChI is InChI=1S/C13H18F3NO/c1-3-12(18-2)11(17)8-9-5-4-6-10(7-9)13(14,15)16/h4-7,11-12H,3,8,17H2,1-2H3. The van der Waals surface area contributed by atoms with Crippen molar-refractivity contribution in [2.24, 2.45) is 5.73 Å². The van der Waals surface area contributed by atoms with Crippen LogP contribution in [0.1, 0.15) is 24.5 Å². The zero-order valence-corrected chi connectivity index (χ0v) is 10.5. The monoisotopic (exact) mass is 261 g/mol. The van der Waals surface area contributed by atoms with Gasteiger partial charge >= 0.3 is 6.18 Å². The van der Waals surface area contributed by atoms with E-state index < -0.39 is 11.7 Å². The van der Waals surface area contributed by atoms with Gasteiger partial charge in [0.2, 0.25) is 0 Å². The molecule has 1 rings (SSSR count). The first-order valence-corrected chi connectivity index (χ1v) is 5.83. The number of nitrogens with two attached hydrogens (primary N) is 1. The van der Waals surface area contributed by atoms with E-state index in [2.05, 4.69) is 0 Å². The highest BCUT2D eigenvalue weighted by Crippen LogP contribution is 2.29. The van der Waals surface area contributed by atoms with Crippen molar-refractivity contribution < 1.29 is 17.9 Å². The lowest BCUT2D eigenvalue weighted by Crippen LogP contribution is -2.37. The third-order valence-electron chi connectivity index (χ3n) is 2.91. The Bertz CT molecular complexity index is 375. The molecule has 2 unspecified atom stereocenters. The molecular weight excluding hydrogens is 243 g/mol. The molecule has 0 aromatic heterocycles. The minimum Gasteiger partial charge on any atom is -0.380 e. The Morgan fingerprint density at radius 2 is 2.00 bits per heavy atom. The van der Waals surface area contributed by atoms with Gasteiger partial charge in [0.05, 0.1) is 11.7 Å². The van der Waals surface area contributed by atoms with Crippen LogP contribution in [0.4, 0.5) is 13.2 Å². The molecule has 0 fully saturated rings. The topological polar surface area (TPSA) is 35.2 Å². The third-order valence-corrected chi connectivity index (χ3v) is 2.91. The van der Waals surface area contributed by atoms with E-state index in [9.17, 15) is 13.2 Å². The third kappa shape index (κ3) is 3.99. The average Bonchev–Trinajstić information content (AvgIpc) is 2.29. The highest BCUT2D eigenvalue weighted by Gasteiger charge is 2.30. The summed E-state index contributed by atoms with van der Waals surface area (Å²) in [5.41, 5.74) is 5.86. The number of halogens is 3. The minimum absolute atomic E-state index is 0.139. The number of methoxy groups -OCH3 is 1. The van der Waals surface area contributed by atoms with Gasteiger partial charge in [-0.25, -0.2) is 0 Å². The van der Waals surface area contributed by atoms with Crippen LogP contribution < -0.4 is 5.73 Å². The van der Waals surface area contributed by atoms with E-state index in [1.807, 2.05) is 6.92 Å². The quantitative estimate of drug-likeness (QED) is 0.884. The van der Waals surface area contributed by atoms with Gasteiger partial charge in [-0.3, -0.25) is 0 Å². The molecule has 0 amide bonds. The predicted octanol–water partition coefficient (Wildman–Crippen LogP) is 3.00. The van der Waals surface area contributed by atoms with E-state index in [1.165, 1.54) is 6.07 Å². The SMILES string of the molecule is CCC(OC)C(N)Cc1cccc(C(F)(F)F)c1. The Morgan fingerprint density at radius 3 is 2.50 bits per heavy atom. The van der Waals surface area contributed by atoms with Crippen molar-refractivity contribution in [3.63, 3.8) is 0 Å². The molecule has 1 aromatic carbocycles. The molecule has 0 radical (unpaired) electrons. The Morgan fingerprint density at radius 1 is 1.33 bits per heavy atom. The van der Waals surface area contributed by atoms with Gasteiger partial charge in [-0.15, -0.1) is 0 Å².